The van der Waals surface area contributed by atoms with E-state index in [9.17, 15) is 4.79 Å². The second-order valence-electron chi connectivity index (χ2n) is 6.59. The van der Waals surface area contributed by atoms with Crippen LogP contribution in [0.15, 0.2) is 60.9 Å². The minimum absolute atomic E-state index is 0.331. The number of rotatable bonds is 6. The van der Waals surface area contributed by atoms with E-state index in [0.29, 0.717) is 17.2 Å². The molecule has 8 heteroatoms. The molecule has 0 unspecified atom stereocenters. The molecule has 4 rings (SSSR count). The largest absolute Gasteiger partial charge is 0.378 e. The number of amides is 1. The molecule has 1 aliphatic heterocycles. The number of nitrogens with two attached hydrogens (primary N) is 1. The highest BCUT2D eigenvalue weighted by Crippen LogP contribution is 2.24. The summed E-state index contributed by atoms with van der Waals surface area (Å²) in [5, 5.41) is 6.41. The third-order valence-corrected chi connectivity index (χ3v) is 4.61. The summed E-state index contributed by atoms with van der Waals surface area (Å²) in [5.74, 6) is 0.547. The minimum Gasteiger partial charge on any atom is -0.378 e. The molecule has 3 aromatic rings. The van der Waals surface area contributed by atoms with E-state index in [1.807, 2.05) is 18.2 Å². The second-order valence-corrected chi connectivity index (χ2v) is 6.59. The number of nitrogens with zero attached hydrogens (tertiary/aromatic N) is 3. The van der Waals surface area contributed by atoms with E-state index in [2.05, 4.69) is 37.6 Å². The lowest BCUT2D eigenvalue weighted by molar-refractivity contribution is 0.100. The number of pyridine rings is 2. The zero-order valence-electron chi connectivity index (χ0n) is 15.8. The number of hydrogen-bond acceptors (Lipinski definition) is 7. The number of carbonyl (C=O) groups is 1. The van der Waals surface area contributed by atoms with Crippen molar-refractivity contribution < 1.29 is 9.53 Å². The molecule has 148 valence electrons. The Balaban J connectivity index is 1.46. The monoisotopic (exact) mass is 390 g/mol. The summed E-state index contributed by atoms with van der Waals surface area (Å²) in [4.78, 5) is 22.4. The molecule has 0 bridgehead atoms. The van der Waals surface area contributed by atoms with Crippen LogP contribution in [0.2, 0.25) is 0 Å². The summed E-state index contributed by atoms with van der Waals surface area (Å²) in [7, 11) is 0. The van der Waals surface area contributed by atoms with E-state index in [0.717, 1.165) is 37.7 Å². The summed E-state index contributed by atoms with van der Waals surface area (Å²) in [6, 6.07) is 15.2. The molecule has 0 aliphatic carbocycles. The number of morpholine rings is 1. The van der Waals surface area contributed by atoms with Crippen LogP contribution in [0.25, 0.3) is 0 Å². The Hall–Kier alpha value is -3.65. The van der Waals surface area contributed by atoms with Crippen LogP contribution in [0, 0.1) is 0 Å². The fourth-order valence-electron chi connectivity index (χ4n) is 3.14. The van der Waals surface area contributed by atoms with Crippen molar-refractivity contribution in [1.82, 2.24) is 9.97 Å². The zero-order chi connectivity index (χ0) is 20.1. The maximum Gasteiger partial charge on any atom is 0.252 e. The average Bonchev–Trinajstić information content (AvgIpc) is 2.75. The van der Waals surface area contributed by atoms with Crippen molar-refractivity contribution in [1.29, 1.82) is 0 Å². The van der Waals surface area contributed by atoms with E-state index in [-0.39, 0.29) is 0 Å². The predicted octanol–water partition coefficient (Wildman–Crippen LogP) is 2.90. The number of nitrogens with one attached hydrogen (secondary N) is 2. The van der Waals surface area contributed by atoms with Gasteiger partial charge < -0.3 is 26.0 Å². The van der Waals surface area contributed by atoms with E-state index < -0.39 is 5.91 Å². The van der Waals surface area contributed by atoms with Crippen LogP contribution in [-0.4, -0.2) is 42.2 Å². The van der Waals surface area contributed by atoms with Gasteiger partial charge in [-0.1, -0.05) is 0 Å². The first kappa shape index (κ1) is 18.7. The van der Waals surface area contributed by atoms with Gasteiger partial charge in [-0.15, -0.1) is 0 Å². The van der Waals surface area contributed by atoms with Crippen LogP contribution >= 0.6 is 0 Å². The number of anilines is 5. The van der Waals surface area contributed by atoms with Gasteiger partial charge in [-0.2, -0.15) is 0 Å². The number of aromatic nitrogens is 2. The lowest BCUT2D eigenvalue weighted by Crippen LogP contribution is -2.36. The molecule has 1 aromatic carbocycles. The van der Waals surface area contributed by atoms with Crippen molar-refractivity contribution in [3.63, 3.8) is 0 Å². The third kappa shape index (κ3) is 4.61. The van der Waals surface area contributed by atoms with E-state index in [1.54, 1.807) is 30.6 Å². The SMILES string of the molecule is NC(=O)c1cccnc1Nc1ccnc(Nc2ccc(N3CCOCC3)cc2)c1. The molecule has 0 saturated carbocycles. The number of hydrogen-bond donors (Lipinski definition) is 3. The maximum absolute atomic E-state index is 11.6. The van der Waals surface area contributed by atoms with Crippen LogP contribution in [-0.2, 0) is 4.74 Å². The Morgan fingerprint density at radius 1 is 0.966 bits per heavy atom. The van der Waals surface area contributed by atoms with Gasteiger partial charge in [0.15, 0.2) is 0 Å². The highest BCUT2D eigenvalue weighted by molar-refractivity contribution is 5.98. The van der Waals surface area contributed by atoms with Crippen molar-refractivity contribution in [3.8, 4) is 0 Å². The maximum atomic E-state index is 11.6. The fraction of sp³-hybridized carbons (Fsp3) is 0.190. The Kier molecular flexibility index (Phi) is 5.53. The molecule has 1 fully saturated rings. The first-order valence-electron chi connectivity index (χ1n) is 9.37. The van der Waals surface area contributed by atoms with Gasteiger partial charge in [-0.25, -0.2) is 9.97 Å². The van der Waals surface area contributed by atoms with Crippen molar-refractivity contribution in [2.75, 3.05) is 41.8 Å². The molecular formula is C21H22N6O2. The van der Waals surface area contributed by atoms with Gasteiger partial charge in [0, 0.05) is 48.6 Å². The van der Waals surface area contributed by atoms with Crippen LogP contribution in [0.1, 0.15) is 10.4 Å². The number of primary amides is 1. The first-order valence-corrected chi connectivity index (χ1v) is 9.37. The molecule has 1 amide bonds. The van der Waals surface area contributed by atoms with E-state index >= 15 is 0 Å². The highest BCUT2D eigenvalue weighted by Gasteiger charge is 2.11. The molecule has 0 spiro atoms. The van der Waals surface area contributed by atoms with Gasteiger partial charge >= 0.3 is 0 Å². The number of carbonyl (C=O) groups excluding carboxylic acids is 1. The zero-order valence-corrected chi connectivity index (χ0v) is 15.8. The quantitative estimate of drug-likeness (QED) is 0.594. The van der Waals surface area contributed by atoms with Gasteiger partial charge in [0.1, 0.15) is 11.6 Å². The third-order valence-electron chi connectivity index (χ3n) is 4.61. The lowest BCUT2D eigenvalue weighted by atomic mass is 10.2. The Morgan fingerprint density at radius 3 is 2.52 bits per heavy atom. The molecule has 1 saturated heterocycles. The van der Waals surface area contributed by atoms with Crippen molar-refractivity contribution in [2.45, 2.75) is 0 Å². The average molecular weight is 390 g/mol. The summed E-state index contributed by atoms with van der Waals surface area (Å²) in [6.07, 6.45) is 3.28. The molecule has 0 atom stereocenters. The summed E-state index contributed by atoms with van der Waals surface area (Å²) in [5.41, 5.74) is 8.60. The van der Waals surface area contributed by atoms with Gasteiger partial charge in [-0.05, 0) is 42.5 Å². The standard InChI is InChI=1S/C21H22N6O2/c22-20(28)18-2-1-8-24-21(18)26-16-7-9-23-19(14-16)25-15-3-5-17(6-4-15)27-10-12-29-13-11-27/h1-9,14H,10-13H2,(H2,22,28)(H2,23,24,25,26). The molecule has 0 radical (unpaired) electrons. The minimum atomic E-state index is -0.534. The van der Waals surface area contributed by atoms with Crippen molar-refractivity contribution in [3.05, 3.63) is 66.5 Å². The van der Waals surface area contributed by atoms with Gasteiger partial charge in [0.05, 0.1) is 18.8 Å². The van der Waals surface area contributed by atoms with Crippen molar-refractivity contribution in [2.24, 2.45) is 5.73 Å². The first-order chi connectivity index (χ1) is 14.2. The highest BCUT2D eigenvalue weighted by atomic mass is 16.5. The van der Waals surface area contributed by atoms with Crippen molar-refractivity contribution >= 4 is 34.6 Å². The van der Waals surface area contributed by atoms with Gasteiger partial charge in [0.2, 0.25) is 0 Å². The fourth-order valence-corrected chi connectivity index (χ4v) is 3.14. The molecular weight excluding hydrogens is 368 g/mol. The van der Waals surface area contributed by atoms with Gasteiger partial charge in [0.25, 0.3) is 5.91 Å². The molecule has 8 nitrogen and oxygen atoms in total. The van der Waals surface area contributed by atoms with Crippen LogP contribution in [0.3, 0.4) is 0 Å². The molecule has 3 heterocycles. The molecule has 1 aliphatic rings. The Bertz CT molecular complexity index is 986. The van der Waals surface area contributed by atoms with Crippen LogP contribution < -0.4 is 21.3 Å². The Morgan fingerprint density at radius 2 is 1.76 bits per heavy atom. The molecule has 2 aromatic heterocycles. The predicted molar refractivity (Wildman–Crippen MR) is 113 cm³/mol. The number of ether oxygens (including phenoxy) is 1. The van der Waals surface area contributed by atoms with E-state index in [4.69, 9.17) is 10.5 Å². The smallest absolute Gasteiger partial charge is 0.252 e. The molecule has 4 N–H and O–H groups in total. The summed E-state index contributed by atoms with van der Waals surface area (Å²) in [6.45, 7) is 3.33. The summed E-state index contributed by atoms with van der Waals surface area (Å²) >= 11 is 0. The topological polar surface area (TPSA) is 105 Å². The van der Waals surface area contributed by atoms with Gasteiger partial charge in [-0.3, -0.25) is 4.79 Å². The second kappa shape index (κ2) is 8.57. The van der Waals surface area contributed by atoms with E-state index in [1.165, 1.54) is 5.69 Å². The number of benzene rings is 1. The molecule has 29 heavy (non-hydrogen) atoms. The van der Waals surface area contributed by atoms with Crippen LogP contribution in [0.4, 0.5) is 28.7 Å². The summed E-state index contributed by atoms with van der Waals surface area (Å²) < 4.78 is 5.40. The van der Waals surface area contributed by atoms with Crippen LogP contribution in [0.5, 0.6) is 0 Å². The lowest BCUT2D eigenvalue weighted by Gasteiger charge is -2.28. The Labute approximate surface area is 168 Å². The normalized spacial score (nSPS) is 13.7.